The molecule has 1 fully saturated rings. The smallest absolute Gasteiger partial charge is 0.350 e. The highest BCUT2D eigenvalue weighted by Gasteiger charge is 2.35. The number of aromatic nitrogens is 3. The normalized spacial score (nSPS) is 23.7. The zero-order chi connectivity index (χ0) is 18.9. The number of fused-ring (bicyclic) bond motifs is 1. The van der Waals surface area contributed by atoms with Gasteiger partial charge in [-0.15, -0.1) is 5.10 Å². The molecule has 0 spiro atoms. The van der Waals surface area contributed by atoms with Crippen LogP contribution in [0.15, 0.2) is 12.1 Å². The van der Waals surface area contributed by atoms with Gasteiger partial charge in [-0.25, -0.2) is 4.52 Å². The number of aliphatic hydroxyl groups excluding tert-OH is 1. The number of ether oxygens (including phenoxy) is 2. The second kappa shape index (κ2) is 7.77. The number of rotatable bonds is 7. The quantitative estimate of drug-likeness (QED) is 0.488. The molecule has 2 aromatic heterocycles. The number of anilines is 1. The molecule has 3 atom stereocenters. The lowest BCUT2D eigenvalue weighted by Crippen LogP contribution is -2.26. The first-order valence-electron chi connectivity index (χ1n) is 7.94. The van der Waals surface area contributed by atoms with Crippen molar-refractivity contribution in [2.45, 2.75) is 31.2 Å². The SMILES string of the molecule is CNc1nc(Cl)nn2c(C[C@@H]3C[C@H](O)C(COCP(=O)(O)O)O3)ccc12. The number of hydrogen-bond acceptors (Lipinski definition) is 7. The number of nitrogens with zero attached hydrogens (tertiary/aromatic N) is 3. The molecule has 4 N–H and O–H groups in total. The lowest BCUT2D eigenvalue weighted by molar-refractivity contribution is -0.0381. The highest BCUT2D eigenvalue weighted by Crippen LogP contribution is 2.34. The number of halogens is 1. The molecule has 12 heteroatoms. The summed E-state index contributed by atoms with van der Waals surface area (Å²) in [5.41, 5.74) is 1.61. The van der Waals surface area contributed by atoms with Crippen molar-refractivity contribution in [3.05, 3.63) is 23.1 Å². The van der Waals surface area contributed by atoms with E-state index < -0.39 is 26.2 Å². The van der Waals surface area contributed by atoms with Crippen LogP contribution in [0.25, 0.3) is 5.52 Å². The van der Waals surface area contributed by atoms with Gasteiger partial charge in [0.25, 0.3) is 0 Å². The van der Waals surface area contributed by atoms with Crippen LogP contribution < -0.4 is 5.32 Å². The Kier molecular flexibility index (Phi) is 5.83. The summed E-state index contributed by atoms with van der Waals surface area (Å²) in [6.45, 7) is -0.0877. The van der Waals surface area contributed by atoms with Crippen molar-refractivity contribution in [2.75, 3.05) is 25.3 Å². The van der Waals surface area contributed by atoms with E-state index in [0.717, 1.165) is 11.2 Å². The Morgan fingerprint density at radius 1 is 1.50 bits per heavy atom. The standard InChI is InChI=1S/C14H20ClN4O6P/c1-16-13-10-3-2-8(19(10)18-14(15)17-13)4-9-5-11(20)12(25-9)6-24-7-26(21,22)23/h2-3,9,11-12,20H,4-7H2,1H3,(H,16,17,18)(H2,21,22,23)/t9-,11+,12?/m1/s1. The van der Waals surface area contributed by atoms with Crippen LogP contribution in [0.2, 0.25) is 5.28 Å². The number of hydrogen-bond donors (Lipinski definition) is 4. The van der Waals surface area contributed by atoms with Crippen molar-refractivity contribution in [1.29, 1.82) is 0 Å². The van der Waals surface area contributed by atoms with Crippen LogP contribution in [0.5, 0.6) is 0 Å². The summed E-state index contributed by atoms with van der Waals surface area (Å²) in [6, 6.07) is 3.75. The van der Waals surface area contributed by atoms with Gasteiger partial charge in [-0.2, -0.15) is 4.98 Å². The zero-order valence-electron chi connectivity index (χ0n) is 13.9. The molecule has 10 nitrogen and oxygen atoms in total. The molecular weight excluding hydrogens is 387 g/mol. The van der Waals surface area contributed by atoms with Crippen molar-refractivity contribution >= 4 is 30.5 Å². The predicted molar refractivity (Wildman–Crippen MR) is 93.4 cm³/mol. The molecule has 0 amide bonds. The molecule has 0 radical (unpaired) electrons. The average Bonchev–Trinajstić information content (AvgIpc) is 3.10. The van der Waals surface area contributed by atoms with Gasteiger partial charge in [-0.3, -0.25) is 4.57 Å². The van der Waals surface area contributed by atoms with E-state index in [2.05, 4.69) is 15.4 Å². The largest absolute Gasteiger partial charge is 0.390 e. The maximum atomic E-state index is 10.8. The van der Waals surface area contributed by atoms with Gasteiger partial charge in [0.1, 0.15) is 18.0 Å². The Bertz CT molecular complexity index is 827. The van der Waals surface area contributed by atoms with Gasteiger partial charge in [-0.1, -0.05) is 0 Å². The average molecular weight is 407 g/mol. The van der Waals surface area contributed by atoms with Crippen molar-refractivity contribution < 1.29 is 28.9 Å². The first-order valence-corrected chi connectivity index (χ1v) is 10.1. The van der Waals surface area contributed by atoms with E-state index in [-0.39, 0.29) is 18.0 Å². The molecule has 1 unspecified atom stereocenters. The molecule has 1 aliphatic heterocycles. The monoisotopic (exact) mass is 406 g/mol. The van der Waals surface area contributed by atoms with Gasteiger partial charge in [0.15, 0.2) is 5.82 Å². The summed E-state index contributed by atoms with van der Waals surface area (Å²) in [7, 11) is -2.50. The van der Waals surface area contributed by atoms with Crippen molar-refractivity contribution in [3.8, 4) is 0 Å². The molecule has 0 bridgehead atoms. The van der Waals surface area contributed by atoms with E-state index in [1.165, 1.54) is 0 Å². The number of aliphatic hydroxyl groups is 1. The Morgan fingerprint density at radius 3 is 2.96 bits per heavy atom. The molecular formula is C14H20ClN4O6P. The molecule has 3 rings (SSSR count). The first-order chi connectivity index (χ1) is 12.3. The summed E-state index contributed by atoms with van der Waals surface area (Å²) < 4.78 is 23.2. The van der Waals surface area contributed by atoms with Crippen LogP contribution in [0.4, 0.5) is 5.82 Å². The molecule has 26 heavy (non-hydrogen) atoms. The fraction of sp³-hybridized carbons (Fsp3) is 0.571. The maximum absolute atomic E-state index is 10.8. The molecule has 0 aliphatic carbocycles. The van der Waals surface area contributed by atoms with E-state index in [4.69, 9.17) is 30.9 Å². The van der Waals surface area contributed by atoms with Crippen LogP contribution in [-0.4, -0.2) is 67.8 Å². The Labute approximate surface area is 154 Å². The summed E-state index contributed by atoms with van der Waals surface area (Å²) in [4.78, 5) is 21.7. The minimum absolute atomic E-state index is 0.0877. The fourth-order valence-electron chi connectivity index (χ4n) is 2.98. The minimum Gasteiger partial charge on any atom is -0.390 e. The van der Waals surface area contributed by atoms with E-state index in [1.807, 2.05) is 12.1 Å². The van der Waals surface area contributed by atoms with Crippen molar-refractivity contribution in [2.24, 2.45) is 0 Å². The van der Waals surface area contributed by atoms with Crippen LogP contribution in [0.3, 0.4) is 0 Å². The number of nitrogens with one attached hydrogen (secondary N) is 1. The lowest BCUT2D eigenvalue weighted by atomic mass is 10.1. The molecule has 3 heterocycles. The van der Waals surface area contributed by atoms with Gasteiger partial charge in [-0.05, 0) is 23.7 Å². The molecule has 2 aromatic rings. The van der Waals surface area contributed by atoms with Crippen LogP contribution >= 0.6 is 19.2 Å². The Hall–Kier alpha value is -1.26. The third-order valence-corrected chi connectivity index (χ3v) is 4.76. The third kappa shape index (κ3) is 4.52. The van der Waals surface area contributed by atoms with Crippen LogP contribution in [0.1, 0.15) is 12.1 Å². The summed E-state index contributed by atoms with van der Waals surface area (Å²) in [5.74, 6) is 0.604. The highest BCUT2D eigenvalue weighted by atomic mass is 35.5. The van der Waals surface area contributed by atoms with E-state index in [1.54, 1.807) is 11.6 Å². The summed E-state index contributed by atoms with van der Waals surface area (Å²) in [6.07, 6.45) is -1.52. The maximum Gasteiger partial charge on any atom is 0.350 e. The third-order valence-electron chi connectivity index (χ3n) is 4.08. The van der Waals surface area contributed by atoms with Crippen molar-refractivity contribution in [1.82, 2.24) is 14.6 Å². The first kappa shape index (κ1) is 19.5. The zero-order valence-corrected chi connectivity index (χ0v) is 15.6. The second-order valence-electron chi connectivity index (χ2n) is 6.07. The topological polar surface area (TPSA) is 138 Å². The molecule has 144 valence electrons. The molecule has 0 aromatic carbocycles. The van der Waals surface area contributed by atoms with Crippen LogP contribution in [-0.2, 0) is 20.5 Å². The molecule has 1 saturated heterocycles. The second-order valence-corrected chi connectivity index (χ2v) is 8.00. The fourth-order valence-corrected chi connectivity index (χ4v) is 3.48. The van der Waals surface area contributed by atoms with E-state index >= 15 is 0 Å². The molecule has 1 aliphatic rings. The molecule has 0 saturated carbocycles. The van der Waals surface area contributed by atoms with Gasteiger partial charge in [0.05, 0.1) is 18.8 Å². The van der Waals surface area contributed by atoms with Gasteiger partial charge in [0, 0.05) is 25.6 Å². The van der Waals surface area contributed by atoms with Gasteiger partial charge >= 0.3 is 7.60 Å². The Balaban J connectivity index is 1.66. The summed E-state index contributed by atoms with van der Waals surface area (Å²) in [5, 5.41) is 17.4. The van der Waals surface area contributed by atoms with Crippen LogP contribution in [0, 0.1) is 0 Å². The van der Waals surface area contributed by atoms with E-state index in [0.29, 0.717) is 18.7 Å². The predicted octanol–water partition coefficient (Wildman–Crippen LogP) is 0.637. The Morgan fingerprint density at radius 2 is 2.27 bits per heavy atom. The van der Waals surface area contributed by atoms with Crippen molar-refractivity contribution in [3.63, 3.8) is 0 Å². The summed E-state index contributed by atoms with van der Waals surface area (Å²) >= 11 is 5.95. The minimum atomic E-state index is -4.24. The van der Waals surface area contributed by atoms with Gasteiger partial charge in [0.2, 0.25) is 5.28 Å². The highest BCUT2D eigenvalue weighted by molar-refractivity contribution is 7.51. The van der Waals surface area contributed by atoms with Gasteiger partial charge < -0.3 is 29.7 Å². The lowest BCUT2D eigenvalue weighted by Gasteiger charge is -2.15. The van der Waals surface area contributed by atoms with E-state index in [9.17, 15) is 9.67 Å².